The molecule has 1 rings (SSSR count). The summed E-state index contributed by atoms with van der Waals surface area (Å²) in [5.41, 5.74) is -0.463. The first kappa shape index (κ1) is 14.0. The number of methoxy groups -OCH3 is 1. The Bertz CT molecular complexity index is 476. The van der Waals surface area contributed by atoms with Gasteiger partial charge < -0.3 is 4.74 Å². The summed E-state index contributed by atoms with van der Waals surface area (Å²) in [5.74, 6) is -0.783. The molecule has 1 aromatic rings. The Kier molecular flexibility index (Phi) is 4.56. The number of ether oxygens (including phenoxy) is 1. The molecule has 0 saturated heterocycles. The lowest BCUT2D eigenvalue weighted by Crippen LogP contribution is -2.09. The van der Waals surface area contributed by atoms with Crippen LogP contribution in [0.15, 0.2) is 12.1 Å². The zero-order valence-corrected chi connectivity index (χ0v) is 10.7. The third-order valence-corrected chi connectivity index (χ3v) is 2.58. The average Bonchev–Trinajstić information content (AvgIpc) is 2.26. The molecule has 0 spiro atoms. The van der Waals surface area contributed by atoms with Gasteiger partial charge in [0.05, 0.1) is 17.1 Å². The SMILES string of the molecule is COc1c(Cl)cc(C(=O)C(Cl)Cl)cc1[N+](=O)[O-]. The van der Waals surface area contributed by atoms with E-state index in [0.29, 0.717) is 0 Å². The monoisotopic (exact) mass is 297 g/mol. The van der Waals surface area contributed by atoms with Gasteiger partial charge in [0.25, 0.3) is 0 Å². The van der Waals surface area contributed by atoms with Crippen molar-refractivity contribution in [1.29, 1.82) is 0 Å². The molecule has 0 heterocycles. The maximum absolute atomic E-state index is 11.5. The van der Waals surface area contributed by atoms with Crippen molar-refractivity contribution >= 4 is 46.3 Å². The first-order valence-corrected chi connectivity index (χ1v) is 5.47. The number of nitro benzene ring substituents is 1. The van der Waals surface area contributed by atoms with E-state index >= 15 is 0 Å². The highest BCUT2D eigenvalue weighted by atomic mass is 35.5. The maximum Gasteiger partial charge on any atom is 0.313 e. The lowest BCUT2D eigenvalue weighted by atomic mass is 10.1. The molecule has 8 heteroatoms. The van der Waals surface area contributed by atoms with Gasteiger partial charge >= 0.3 is 5.69 Å². The van der Waals surface area contributed by atoms with Crippen LogP contribution in [-0.2, 0) is 0 Å². The molecule has 0 unspecified atom stereocenters. The molecule has 0 aliphatic carbocycles. The fourth-order valence-corrected chi connectivity index (χ4v) is 1.73. The molecule has 5 nitrogen and oxygen atoms in total. The Morgan fingerprint density at radius 3 is 2.47 bits per heavy atom. The summed E-state index contributed by atoms with van der Waals surface area (Å²) < 4.78 is 4.78. The second-order valence-electron chi connectivity index (χ2n) is 2.93. The number of halogens is 3. The molecule has 17 heavy (non-hydrogen) atoms. The summed E-state index contributed by atoms with van der Waals surface area (Å²) in [7, 11) is 1.24. The van der Waals surface area contributed by atoms with E-state index < -0.39 is 21.2 Å². The van der Waals surface area contributed by atoms with E-state index in [-0.39, 0.29) is 16.3 Å². The van der Waals surface area contributed by atoms with Crippen LogP contribution in [0, 0.1) is 10.1 Å². The minimum absolute atomic E-state index is 0.0440. The standard InChI is InChI=1S/C9H6Cl3NO4/c1-17-8-5(10)2-4(7(14)9(11)12)3-6(8)13(15)16/h2-3,9H,1H3. The van der Waals surface area contributed by atoms with Crippen molar-refractivity contribution in [3.63, 3.8) is 0 Å². The molecular weight excluding hydrogens is 292 g/mol. The molecule has 0 radical (unpaired) electrons. The topological polar surface area (TPSA) is 69.4 Å². The smallest absolute Gasteiger partial charge is 0.313 e. The zero-order chi connectivity index (χ0) is 13.2. The number of nitrogens with zero attached hydrogens (tertiary/aromatic N) is 1. The highest BCUT2D eigenvalue weighted by Gasteiger charge is 2.24. The molecule has 0 amide bonds. The first-order chi connectivity index (χ1) is 7.88. The number of rotatable bonds is 4. The molecule has 0 fully saturated rings. The molecule has 92 valence electrons. The fraction of sp³-hybridized carbons (Fsp3) is 0.222. The molecular formula is C9H6Cl3NO4. The normalized spacial score (nSPS) is 10.4. The van der Waals surface area contributed by atoms with E-state index in [4.69, 9.17) is 39.5 Å². The van der Waals surface area contributed by atoms with Crippen LogP contribution in [0.25, 0.3) is 0 Å². The molecule has 1 aromatic carbocycles. The number of carbonyl (C=O) groups excluding carboxylic acids is 1. The average molecular weight is 299 g/mol. The number of alkyl halides is 2. The fourth-order valence-electron chi connectivity index (χ4n) is 1.18. The first-order valence-electron chi connectivity index (χ1n) is 4.22. The Balaban J connectivity index is 3.39. The molecule has 0 saturated carbocycles. The van der Waals surface area contributed by atoms with Crippen LogP contribution in [0.4, 0.5) is 5.69 Å². The Hall–Kier alpha value is -1.04. The van der Waals surface area contributed by atoms with Crippen LogP contribution in [0.5, 0.6) is 5.75 Å². The predicted molar refractivity (Wildman–Crippen MR) is 64.5 cm³/mol. The summed E-state index contributed by atoms with van der Waals surface area (Å²) in [6, 6.07) is 2.23. The van der Waals surface area contributed by atoms with E-state index in [2.05, 4.69) is 0 Å². The van der Waals surface area contributed by atoms with Crippen molar-refractivity contribution in [2.24, 2.45) is 0 Å². The highest BCUT2D eigenvalue weighted by Crippen LogP contribution is 2.36. The maximum atomic E-state index is 11.5. The lowest BCUT2D eigenvalue weighted by Gasteiger charge is -2.07. The number of benzene rings is 1. The van der Waals surface area contributed by atoms with Crippen molar-refractivity contribution in [3.05, 3.63) is 32.8 Å². The summed E-state index contributed by atoms with van der Waals surface area (Å²) in [6.45, 7) is 0. The number of hydrogen-bond donors (Lipinski definition) is 0. The second kappa shape index (κ2) is 5.53. The van der Waals surface area contributed by atoms with Crippen molar-refractivity contribution in [2.75, 3.05) is 7.11 Å². The summed E-state index contributed by atoms with van der Waals surface area (Å²) in [6.07, 6.45) is 0. The number of Topliss-reactive ketones (excluding diaryl/α,β-unsaturated/α-hetero) is 1. The number of nitro groups is 1. The van der Waals surface area contributed by atoms with Crippen LogP contribution >= 0.6 is 34.8 Å². The van der Waals surface area contributed by atoms with Crippen LogP contribution in [-0.4, -0.2) is 22.7 Å². The molecule has 0 aliphatic rings. The summed E-state index contributed by atoms with van der Waals surface area (Å²) >= 11 is 16.5. The summed E-state index contributed by atoms with van der Waals surface area (Å²) in [5, 5.41) is 10.7. The third kappa shape index (κ3) is 3.00. The number of carbonyl (C=O) groups is 1. The minimum atomic E-state index is -1.31. The third-order valence-electron chi connectivity index (χ3n) is 1.91. The molecule has 0 aromatic heterocycles. The van der Waals surface area contributed by atoms with Crippen molar-refractivity contribution in [2.45, 2.75) is 4.84 Å². The summed E-state index contributed by atoms with van der Waals surface area (Å²) in [4.78, 5) is 20.2. The lowest BCUT2D eigenvalue weighted by molar-refractivity contribution is -0.385. The van der Waals surface area contributed by atoms with E-state index in [1.54, 1.807) is 0 Å². The van der Waals surface area contributed by atoms with Gasteiger partial charge in [0.2, 0.25) is 5.75 Å². The predicted octanol–water partition coefficient (Wildman–Crippen LogP) is 3.24. The molecule has 0 atom stereocenters. The van der Waals surface area contributed by atoms with E-state index in [0.717, 1.165) is 6.07 Å². The van der Waals surface area contributed by atoms with Gasteiger partial charge in [-0.05, 0) is 6.07 Å². The van der Waals surface area contributed by atoms with Crippen LogP contribution < -0.4 is 4.74 Å². The minimum Gasteiger partial charge on any atom is -0.489 e. The van der Waals surface area contributed by atoms with Gasteiger partial charge in [-0.25, -0.2) is 0 Å². The Morgan fingerprint density at radius 2 is 2.06 bits per heavy atom. The van der Waals surface area contributed by atoms with E-state index in [1.807, 2.05) is 0 Å². The highest BCUT2D eigenvalue weighted by molar-refractivity contribution is 6.55. The van der Waals surface area contributed by atoms with Crippen molar-refractivity contribution in [1.82, 2.24) is 0 Å². The van der Waals surface area contributed by atoms with Crippen LogP contribution in [0.1, 0.15) is 10.4 Å². The van der Waals surface area contributed by atoms with Gasteiger partial charge in [0.15, 0.2) is 10.6 Å². The quantitative estimate of drug-likeness (QED) is 0.370. The van der Waals surface area contributed by atoms with E-state index in [1.165, 1.54) is 13.2 Å². The number of hydrogen-bond acceptors (Lipinski definition) is 4. The van der Waals surface area contributed by atoms with Crippen molar-refractivity contribution < 1.29 is 14.5 Å². The van der Waals surface area contributed by atoms with Gasteiger partial charge in [-0.2, -0.15) is 0 Å². The second-order valence-corrected chi connectivity index (χ2v) is 4.44. The molecule has 0 bridgehead atoms. The van der Waals surface area contributed by atoms with Gasteiger partial charge in [-0.1, -0.05) is 34.8 Å². The van der Waals surface area contributed by atoms with Gasteiger partial charge in [0, 0.05) is 11.6 Å². The molecule has 0 N–H and O–H groups in total. The molecule has 0 aliphatic heterocycles. The van der Waals surface area contributed by atoms with Crippen LogP contribution in [0.3, 0.4) is 0 Å². The van der Waals surface area contributed by atoms with Gasteiger partial charge in [-0.3, -0.25) is 14.9 Å². The zero-order valence-electron chi connectivity index (χ0n) is 8.45. The number of ketones is 1. The largest absolute Gasteiger partial charge is 0.489 e. The van der Waals surface area contributed by atoms with Gasteiger partial charge in [0.1, 0.15) is 0 Å². The van der Waals surface area contributed by atoms with Crippen LogP contribution in [0.2, 0.25) is 5.02 Å². The Morgan fingerprint density at radius 1 is 1.47 bits per heavy atom. The van der Waals surface area contributed by atoms with E-state index in [9.17, 15) is 14.9 Å². The Labute approximate surface area is 111 Å². The van der Waals surface area contributed by atoms with Gasteiger partial charge in [-0.15, -0.1) is 0 Å². The van der Waals surface area contributed by atoms with Crippen molar-refractivity contribution in [3.8, 4) is 5.75 Å².